The molecule has 3 heterocycles. The van der Waals surface area contributed by atoms with Crippen LogP contribution in [0.2, 0.25) is 0 Å². The van der Waals surface area contributed by atoms with Gasteiger partial charge in [0.15, 0.2) is 5.11 Å². The highest BCUT2D eigenvalue weighted by Gasteiger charge is 2.35. The maximum absolute atomic E-state index is 5.90. The van der Waals surface area contributed by atoms with Crippen LogP contribution in [0.15, 0.2) is 63.6 Å². The molecule has 0 saturated carbocycles. The zero-order valence-electron chi connectivity index (χ0n) is 19.6. The molecular formula is C26H28N4O2S2. The average molecular weight is 493 g/mol. The molecule has 2 aliphatic rings. The Hall–Kier alpha value is -2.68. The van der Waals surface area contributed by atoms with E-state index in [-0.39, 0.29) is 12.1 Å². The molecule has 0 amide bonds. The third kappa shape index (κ3) is 4.62. The van der Waals surface area contributed by atoms with Crippen molar-refractivity contribution in [1.29, 1.82) is 0 Å². The number of aromatic nitrogens is 2. The number of thiocarbonyl (C=S) groups is 1. The second kappa shape index (κ2) is 9.90. The fourth-order valence-electron chi connectivity index (χ4n) is 4.47. The van der Waals surface area contributed by atoms with Crippen molar-refractivity contribution in [2.24, 2.45) is 0 Å². The van der Waals surface area contributed by atoms with Gasteiger partial charge in [0.25, 0.3) is 5.89 Å². The van der Waals surface area contributed by atoms with Crippen molar-refractivity contribution < 1.29 is 9.26 Å². The third-order valence-electron chi connectivity index (χ3n) is 6.42. The van der Waals surface area contributed by atoms with E-state index in [1.54, 1.807) is 11.8 Å². The van der Waals surface area contributed by atoms with Crippen molar-refractivity contribution in [1.82, 2.24) is 20.4 Å². The molecule has 1 N–H and O–H groups in total. The van der Waals surface area contributed by atoms with Crippen LogP contribution in [0.4, 0.5) is 0 Å². The van der Waals surface area contributed by atoms with Crippen molar-refractivity contribution in [2.45, 2.75) is 43.7 Å². The highest BCUT2D eigenvalue weighted by atomic mass is 32.2. The van der Waals surface area contributed by atoms with Gasteiger partial charge < -0.3 is 19.5 Å². The van der Waals surface area contributed by atoms with E-state index < -0.39 is 0 Å². The molecule has 0 radical (unpaired) electrons. The first-order valence-corrected chi connectivity index (χ1v) is 13.1. The Morgan fingerprint density at radius 1 is 1.12 bits per heavy atom. The summed E-state index contributed by atoms with van der Waals surface area (Å²) in [7, 11) is 0. The number of nitrogens with one attached hydrogen (secondary N) is 1. The van der Waals surface area contributed by atoms with Gasteiger partial charge in [-0.3, -0.25) is 0 Å². The van der Waals surface area contributed by atoms with Crippen LogP contribution in [0.3, 0.4) is 0 Å². The molecule has 1 aromatic heterocycles. The molecule has 176 valence electrons. The van der Waals surface area contributed by atoms with Crippen molar-refractivity contribution in [3.05, 3.63) is 71.2 Å². The lowest BCUT2D eigenvalue weighted by Crippen LogP contribution is -2.48. The highest BCUT2D eigenvalue weighted by molar-refractivity contribution is 7.98. The summed E-state index contributed by atoms with van der Waals surface area (Å²) < 4.78 is 11.7. The molecular weight excluding hydrogens is 464 g/mol. The molecule has 3 aromatic rings. The number of thioether (sulfide) groups is 1. The summed E-state index contributed by atoms with van der Waals surface area (Å²) >= 11 is 7.54. The Morgan fingerprint density at radius 3 is 2.56 bits per heavy atom. The molecule has 0 spiro atoms. The van der Waals surface area contributed by atoms with Crippen molar-refractivity contribution in [3.63, 3.8) is 0 Å². The molecule has 2 aliphatic heterocycles. The number of ether oxygens (including phenoxy) is 1. The van der Waals surface area contributed by atoms with Gasteiger partial charge in [-0.15, -0.1) is 11.8 Å². The van der Waals surface area contributed by atoms with E-state index in [4.69, 9.17) is 26.5 Å². The summed E-state index contributed by atoms with van der Waals surface area (Å²) in [6, 6.07) is 16.5. The zero-order chi connectivity index (χ0) is 23.7. The van der Waals surface area contributed by atoms with E-state index in [2.05, 4.69) is 71.9 Å². The summed E-state index contributed by atoms with van der Waals surface area (Å²) in [5.74, 6) is 1.07. The fraction of sp³-hybridized carbons (Fsp3) is 0.346. The van der Waals surface area contributed by atoms with Crippen LogP contribution in [0.25, 0.3) is 17.0 Å². The molecule has 2 atom stereocenters. The predicted octanol–water partition coefficient (Wildman–Crippen LogP) is 5.61. The molecule has 2 aromatic carbocycles. The summed E-state index contributed by atoms with van der Waals surface area (Å²) in [4.78, 5) is 8.13. The quantitative estimate of drug-likeness (QED) is 0.352. The van der Waals surface area contributed by atoms with E-state index in [0.717, 1.165) is 41.8 Å². The van der Waals surface area contributed by atoms with E-state index in [1.165, 1.54) is 10.5 Å². The largest absolute Gasteiger partial charge is 0.376 e. The molecule has 6 nitrogen and oxygen atoms in total. The minimum atomic E-state index is -0.185. The summed E-state index contributed by atoms with van der Waals surface area (Å²) in [6.45, 7) is 5.66. The Balaban J connectivity index is 1.55. The van der Waals surface area contributed by atoms with Gasteiger partial charge in [0.1, 0.15) is 0 Å². The molecule has 2 unspecified atom stereocenters. The fourth-order valence-corrected chi connectivity index (χ4v) is 5.21. The van der Waals surface area contributed by atoms with Gasteiger partial charge in [-0.25, -0.2) is 0 Å². The molecule has 8 heteroatoms. The number of benzene rings is 2. The molecule has 34 heavy (non-hydrogen) atoms. The normalized spacial score (nSPS) is 20.7. The summed E-state index contributed by atoms with van der Waals surface area (Å²) in [5, 5.41) is 8.53. The van der Waals surface area contributed by atoms with Gasteiger partial charge in [-0.2, -0.15) is 4.98 Å². The van der Waals surface area contributed by atoms with Crippen molar-refractivity contribution in [3.8, 4) is 11.4 Å². The van der Waals surface area contributed by atoms with Crippen LogP contribution in [0, 0.1) is 6.92 Å². The van der Waals surface area contributed by atoms with Crippen LogP contribution < -0.4 is 5.32 Å². The van der Waals surface area contributed by atoms with Crippen molar-refractivity contribution >= 4 is 34.7 Å². The van der Waals surface area contributed by atoms with Crippen LogP contribution in [0.5, 0.6) is 0 Å². The molecule has 1 fully saturated rings. The van der Waals surface area contributed by atoms with E-state index in [9.17, 15) is 0 Å². The monoisotopic (exact) mass is 492 g/mol. The van der Waals surface area contributed by atoms with Gasteiger partial charge in [0, 0.05) is 22.8 Å². The van der Waals surface area contributed by atoms with Crippen LogP contribution in [0.1, 0.15) is 42.8 Å². The maximum Gasteiger partial charge on any atom is 0.258 e. The molecule has 1 saturated heterocycles. The smallest absolute Gasteiger partial charge is 0.258 e. The van der Waals surface area contributed by atoms with Gasteiger partial charge in [-0.1, -0.05) is 47.1 Å². The Labute approximate surface area is 209 Å². The van der Waals surface area contributed by atoms with Gasteiger partial charge in [0.2, 0.25) is 5.82 Å². The first-order chi connectivity index (χ1) is 16.5. The molecule has 5 rings (SSSR count). The van der Waals surface area contributed by atoms with Crippen LogP contribution in [-0.4, -0.2) is 45.7 Å². The van der Waals surface area contributed by atoms with Gasteiger partial charge in [-0.05, 0) is 62.9 Å². The summed E-state index contributed by atoms with van der Waals surface area (Å²) in [6.07, 6.45) is 4.37. The lowest BCUT2D eigenvalue weighted by molar-refractivity contribution is 0.0962. The molecule has 0 bridgehead atoms. The number of aryl methyl sites for hydroxylation is 1. The number of allylic oxidation sites excluding steroid dienone is 1. The van der Waals surface area contributed by atoms with E-state index in [0.29, 0.717) is 23.4 Å². The number of nitrogens with zero attached hydrogens (tertiary/aromatic N) is 3. The minimum Gasteiger partial charge on any atom is -0.376 e. The second-order valence-electron chi connectivity index (χ2n) is 8.69. The standard InChI is InChI=1S/C26H28N4O2S2/c1-16-6-8-19(9-7-16)24-28-25(32-29-24)22-17(2)30(15-20-5-4-14-31-20)26(33)27-23(22)18-10-12-21(34-3)13-11-18/h6-13,20,23H,4-5,14-15H2,1-3H3,(H,27,33). The van der Waals surface area contributed by atoms with Gasteiger partial charge >= 0.3 is 0 Å². The summed E-state index contributed by atoms with van der Waals surface area (Å²) in [5.41, 5.74) is 5.16. The van der Waals surface area contributed by atoms with E-state index in [1.807, 2.05) is 12.1 Å². The number of hydrogen-bond acceptors (Lipinski definition) is 6. The second-order valence-corrected chi connectivity index (χ2v) is 9.96. The predicted molar refractivity (Wildman–Crippen MR) is 139 cm³/mol. The topological polar surface area (TPSA) is 63.4 Å². The number of rotatable bonds is 6. The minimum absolute atomic E-state index is 0.166. The van der Waals surface area contributed by atoms with Crippen LogP contribution in [-0.2, 0) is 4.74 Å². The average Bonchev–Trinajstić information content (AvgIpc) is 3.54. The van der Waals surface area contributed by atoms with E-state index >= 15 is 0 Å². The molecule has 0 aliphatic carbocycles. The maximum atomic E-state index is 5.90. The highest BCUT2D eigenvalue weighted by Crippen LogP contribution is 2.38. The zero-order valence-corrected chi connectivity index (χ0v) is 21.2. The lowest BCUT2D eigenvalue weighted by atomic mass is 9.94. The van der Waals surface area contributed by atoms with Crippen LogP contribution >= 0.6 is 24.0 Å². The van der Waals surface area contributed by atoms with Gasteiger partial charge in [0.05, 0.1) is 24.3 Å². The third-order valence-corrected chi connectivity index (χ3v) is 7.50. The number of hydrogen-bond donors (Lipinski definition) is 1. The Kier molecular flexibility index (Phi) is 6.72. The first kappa shape index (κ1) is 23.1. The Morgan fingerprint density at radius 2 is 1.88 bits per heavy atom. The SMILES string of the molecule is CSc1ccc(C2NC(=S)N(CC3CCCO3)C(C)=C2c2nc(-c3ccc(C)cc3)no2)cc1. The first-order valence-electron chi connectivity index (χ1n) is 11.5. The Bertz CT molecular complexity index is 1200. The van der Waals surface area contributed by atoms with Crippen molar-refractivity contribution in [2.75, 3.05) is 19.4 Å². The lowest BCUT2D eigenvalue weighted by Gasteiger charge is -2.38.